The topological polar surface area (TPSA) is 75.3 Å². The molecule has 140 valence electrons. The highest BCUT2D eigenvalue weighted by Gasteiger charge is 2.29. The van der Waals surface area contributed by atoms with Crippen molar-refractivity contribution in [3.05, 3.63) is 69.7 Å². The zero-order valence-electron chi connectivity index (χ0n) is 14.8. The molecule has 0 radical (unpaired) electrons. The van der Waals surface area contributed by atoms with Gasteiger partial charge in [0.15, 0.2) is 0 Å². The lowest BCUT2D eigenvalue weighted by Crippen LogP contribution is -2.39. The van der Waals surface area contributed by atoms with Gasteiger partial charge in [0.1, 0.15) is 5.25 Å². The van der Waals surface area contributed by atoms with E-state index in [1.807, 2.05) is 25.1 Å². The maximum Gasteiger partial charge on any atom is 0.252 e. The Balaban J connectivity index is 1.67. The van der Waals surface area contributed by atoms with Crippen LogP contribution in [0.5, 0.6) is 0 Å². The van der Waals surface area contributed by atoms with Crippen molar-refractivity contribution < 1.29 is 14.4 Å². The van der Waals surface area contributed by atoms with Crippen LogP contribution in [0.1, 0.15) is 32.3 Å². The smallest absolute Gasteiger partial charge is 0.252 e. The molecule has 2 aromatic rings. The third kappa shape index (κ3) is 4.90. The van der Waals surface area contributed by atoms with Crippen molar-refractivity contribution in [3.63, 3.8) is 0 Å². The average Bonchev–Trinajstić information content (AvgIpc) is 2.62. The molecule has 0 aromatic heterocycles. The van der Waals surface area contributed by atoms with E-state index in [4.69, 9.17) is 11.6 Å². The number of hydrogen-bond donors (Lipinski definition) is 2. The van der Waals surface area contributed by atoms with Gasteiger partial charge in [-0.15, -0.1) is 11.8 Å². The Kier molecular flexibility index (Phi) is 6.19. The number of amides is 3. The third-order valence-corrected chi connectivity index (χ3v) is 5.78. The van der Waals surface area contributed by atoms with Crippen LogP contribution in [-0.4, -0.2) is 30.0 Å². The van der Waals surface area contributed by atoms with Gasteiger partial charge in [-0.2, -0.15) is 0 Å². The molecule has 1 unspecified atom stereocenters. The normalized spacial score (nSPS) is 16.7. The first kappa shape index (κ1) is 19.5. The minimum atomic E-state index is -0.529. The number of nitrogens with one attached hydrogen (secondary N) is 2. The number of halogens is 1. The van der Waals surface area contributed by atoms with Crippen molar-refractivity contribution in [1.29, 1.82) is 0 Å². The van der Waals surface area contributed by atoms with Crippen molar-refractivity contribution in [1.82, 2.24) is 10.6 Å². The van der Waals surface area contributed by atoms with Crippen molar-refractivity contribution in [2.45, 2.75) is 18.6 Å². The molecule has 7 heteroatoms. The molecule has 5 nitrogen and oxygen atoms in total. The minimum absolute atomic E-state index is 0.205. The number of carbonyl (C=O) groups excluding carboxylic acids is 3. The van der Waals surface area contributed by atoms with Gasteiger partial charge in [0, 0.05) is 6.54 Å². The highest BCUT2D eigenvalue weighted by molar-refractivity contribution is 8.01. The fourth-order valence-corrected chi connectivity index (χ4v) is 4.03. The molecular weight excluding hydrogens is 384 g/mol. The molecule has 0 bridgehead atoms. The molecule has 1 atom stereocenters. The Morgan fingerprint density at radius 3 is 2.81 bits per heavy atom. The minimum Gasteiger partial charge on any atom is -0.352 e. The van der Waals surface area contributed by atoms with E-state index in [0.29, 0.717) is 29.1 Å². The lowest BCUT2D eigenvalue weighted by molar-refractivity contribution is -0.129. The molecule has 0 aliphatic carbocycles. The standard InChI is InChI=1S/C20H19ClN2O3S/c1-12-3-2-4-13(9-12)7-8-22-19(25)15-10-14(5-6-16(15)21)18-20(26)23-17(24)11-27-18/h2-6,9-10,18H,7-8,11H2,1H3,(H,22,25)(H,23,24,26). The van der Waals surface area contributed by atoms with E-state index >= 15 is 0 Å². The van der Waals surface area contributed by atoms with Crippen molar-refractivity contribution in [3.8, 4) is 0 Å². The SMILES string of the molecule is Cc1cccc(CCNC(=O)c2cc(C3SCC(=O)NC3=O)ccc2Cl)c1. The predicted octanol–water partition coefficient (Wildman–Crippen LogP) is 3.05. The number of carbonyl (C=O) groups is 3. The van der Waals surface area contributed by atoms with Gasteiger partial charge in [-0.1, -0.05) is 47.5 Å². The summed E-state index contributed by atoms with van der Waals surface area (Å²) in [7, 11) is 0. The van der Waals surface area contributed by atoms with Gasteiger partial charge in [0.2, 0.25) is 11.8 Å². The number of thioether (sulfide) groups is 1. The van der Waals surface area contributed by atoms with E-state index in [1.54, 1.807) is 18.2 Å². The summed E-state index contributed by atoms with van der Waals surface area (Å²) in [5.41, 5.74) is 3.30. The molecule has 0 saturated carbocycles. The number of rotatable bonds is 5. The summed E-state index contributed by atoms with van der Waals surface area (Å²) in [4.78, 5) is 35.9. The molecule has 1 heterocycles. The van der Waals surface area contributed by atoms with Crippen molar-refractivity contribution >= 4 is 41.1 Å². The van der Waals surface area contributed by atoms with E-state index in [9.17, 15) is 14.4 Å². The summed E-state index contributed by atoms with van der Waals surface area (Å²) in [5, 5.41) is 4.98. The summed E-state index contributed by atoms with van der Waals surface area (Å²) in [6.07, 6.45) is 0.716. The van der Waals surface area contributed by atoms with Crippen LogP contribution >= 0.6 is 23.4 Å². The fraction of sp³-hybridized carbons (Fsp3) is 0.250. The fourth-order valence-electron chi connectivity index (χ4n) is 2.88. The zero-order valence-corrected chi connectivity index (χ0v) is 16.3. The number of imide groups is 1. The van der Waals surface area contributed by atoms with E-state index < -0.39 is 5.25 Å². The summed E-state index contributed by atoms with van der Waals surface area (Å²) in [6, 6.07) is 13.1. The Morgan fingerprint density at radius 2 is 2.07 bits per heavy atom. The summed E-state index contributed by atoms with van der Waals surface area (Å²) in [6.45, 7) is 2.51. The molecule has 2 N–H and O–H groups in total. The highest BCUT2D eigenvalue weighted by Crippen LogP contribution is 2.33. The van der Waals surface area contributed by atoms with Crippen LogP contribution < -0.4 is 10.6 Å². The average molecular weight is 403 g/mol. The van der Waals surface area contributed by atoms with Crippen molar-refractivity contribution in [2.24, 2.45) is 0 Å². The number of hydrogen-bond acceptors (Lipinski definition) is 4. The maximum atomic E-state index is 12.5. The predicted molar refractivity (Wildman–Crippen MR) is 107 cm³/mol. The van der Waals surface area contributed by atoms with Crippen LogP contribution in [0.15, 0.2) is 42.5 Å². The van der Waals surface area contributed by atoms with Gasteiger partial charge in [-0.05, 0) is 36.6 Å². The largest absolute Gasteiger partial charge is 0.352 e. The van der Waals surface area contributed by atoms with E-state index in [0.717, 1.165) is 5.56 Å². The maximum absolute atomic E-state index is 12.5. The van der Waals surface area contributed by atoms with Gasteiger partial charge in [-0.3, -0.25) is 19.7 Å². The highest BCUT2D eigenvalue weighted by atomic mass is 35.5. The molecule has 1 saturated heterocycles. The Bertz CT molecular complexity index is 901. The monoisotopic (exact) mass is 402 g/mol. The first-order valence-electron chi connectivity index (χ1n) is 8.52. The molecule has 2 aromatic carbocycles. The molecule has 3 amide bonds. The van der Waals surface area contributed by atoms with E-state index in [2.05, 4.69) is 16.7 Å². The van der Waals surface area contributed by atoms with Gasteiger partial charge >= 0.3 is 0 Å². The van der Waals surface area contributed by atoms with Crippen LogP contribution in [0.2, 0.25) is 5.02 Å². The first-order chi connectivity index (χ1) is 12.9. The number of benzene rings is 2. The molecule has 3 rings (SSSR count). The van der Waals surface area contributed by atoms with Crippen LogP contribution in [0.3, 0.4) is 0 Å². The van der Waals surface area contributed by atoms with Gasteiger partial charge < -0.3 is 5.32 Å². The van der Waals surface area contributed by atoms with E-state index in [1.165, 1.54) is 17.3 Å². The van der Waals surface area contributed by atoms with Gasteiger partial charge in [-0.25, -0.2) is 0 Å². The van der Waals surface area contributed by atoms with Gasteiger partial charge in [0.25, 0.3) is 5.91 Å². The Labute approximate surface area is 166 Å². The summed E-state index contributed by atoms with van der Waals surface area (Å²) < 4.78 is 0. The van der Waals surface area contributed by atoms with Crippen LogP contribution in [0.4, 0.5) is 0 Å². The molecule has 27 heavy (non-hydrogen) atoms. The molecule has 1 aliphatic rings. The van der Waals surface area contributed by atoms with Crippen LogP contribution in [0, 0.1) is 6.92 Å². The zero-order chi connectivity index (χ0) is 19.4. The second-order valence-corrected chi connectivity index (χ2v) is 7.84. The lowest BCUT2D eigenvalue weighted by atomic mass is 10.1. The number of aryl methyl sites for hydroxylation is 1. The summed E-state index contributed by atoms with van der Waals surface area (Å²) >= 11 is 7.42. The molecular formula is C20H19ClN2O3S. The second-order valence-electron chi connectivity index (χ2n) is 6.34. The Morgan fingerprint density at radius 1 is 1.26 bits per heavy atom. The Hall–Kier alpha value is -2.31. The molecule has 0 spiro atoms. The van der Waals surface area contributed by atoms with E-state index in [-0.39, 0.29) is 23.5 Å². The summed E-state index contributed by atoms with van der Waals surface area (Å²) in [5.74, 6) is -0.752. The van der Waals surface area contributed by atoms with Crippen LogP contribution in [-0.2, 0) is 16.0 Å². The van der Waals surface area contributed by atoms with Crippen LogP contribution in [0.25, 0.3) is 0 Å². The second kappa shape index (κ2) is 8.59. The first-order valence-corrected chi connectivity index (χ1v) is 9.95. The quantitative estimate of drug-likeness (QED) is 0.754. The van der Waals surface area contributed by atoms with Crippen molar-refractivity contribution in [2.75, 3.05) is 12.3 Å². The third-order valence-electron chi connectivity index (χ3n) is 4.20. The van der Waals surface area contributed by atoms with Gasteiger partial charge in [0.05, 0.1) is 16.3 Å². The molecule has 1 fully saturated rings. The lowest BCUT2D eigenvalue weighted by Gasteiger charge is -2.21. The molecule has 1 aliphatic heterocycles.